The van der Waals surface area contributed by atoms with Gasteiger partial charge in [-0.05, 0) is 56.0 Å². The zero-order valence-corrected chi connectivity index (χ0v) is 18.2. The summed E-state index contributed by atoms with van der Waals surface area (Å²) < 4.78 is 19.4. The second-order valence-corrected chi connectivity index (χ2v) is 7.97. The van der Waals surface area contributed by atoms with E-state index in [1.165, 1.54) is 24.4 Å². The van der Waals surface area contributed by atoms with Gasteiger partial charge in [-0.3, -0.25) is 9.59 Å². The standard InChI is InChI=1S/C26H26FN3O3/c27-22-11-4-5-12-23(22)33-24-18-20(13-15-28-24)26(32)30-17-7-6-10-21(30)14-16-29-25(31)19-8-2-1-3-9-19/h1-5,8-9,11-13,15,18,21H,6-7,10,14,16-17H2,(H,29,31). The predicted octanol–water partition coefficient (Wildman–Crippen LogP) is 4.83. The maximum Gasteiger partial charge on any atom is 0.254 e. The fourth-order valence-electron chi connectivity index (χ4n) is 4.02. The van der Waals surface area contributed by atoms with Gasteiger partial charge in [-0.2, -0.15) is 0 Å². The molecule has 0 spiro atoms. The number of benzene rings is 2. The van der Waals surface area contributed by atoms with Crippen molar-refractivity contribution in [2.45, 2.75) is 31.7 Å². The first-order chi connectivity index (χ1) is 16.1. The number of hydrogen-bond acceptors (Lipinski definition) is 4. The number of halogens is 1. The SMILES string of the molecule is O=C(NCCC1CCCCN1C(=O)c1ccnc(Oc2ccccc2F)c1)c1ccccc1. The maximum atomic E-state index is 13.9. The molecule has 33 heavy (non-hydrogen) atoms. The zero-order valence-electron chi connectivity index (χ0n) is 18.2. The number of aromatic nitrogens is 1. The van der Waals surface area contributed by atoms with E-state index in [1.807, 2.05) is 23.1 Å². The lowest BCUT2D eigenvalue weighted by atomic mass is 9.98. The third-order valence-electron chi connectivity index (χ3n) is 5.72. The minimum atomic E-state index is -0.496. The number of pyridine rings is 1. The molecule has 1 aromatic heterocycles. The van der Waals surface area contributed by atoms with Crippen LogP contribution in [0.5, 0.6) is 11.6 Å². The second kappa shape index (κ2) is 10.7. The summed E-state index contributed by atoms with van der Waals surface area (Å²) in [4.78, 5) is 31.6. The number of amides is 2. The molecule has 2 amide bonds. The number of carbonyl (C=O) groups is 2. The van der Waals surface area contributed by atoms with Crippen molar-refractivity contribution >= 4 is 11.8 Å². The van der Waals surface area contributed by atoms with Crippen molar-refractivity contribution in [1.29, 1.82) is 0 Å². The molecule has 2 heterocycles. The lowest BCUT2D eigenvalue weighted by molar-refractivity contribution is 0.0601. The smallest absolute Gasteiger partial charge is 0.254 e. The number of piperidine rings is 1. The molecule has 6 nitrogen and oxygen atoms in total. The number of likely N-dealkylation sites (tertiary alicyclic amines) is 1. The Hall–Kier alpha value is -3.74. The number of ether oxygens (including phenoxy) is 1. The minimum Gasteiger partial charge on any atom is -0.436 e. The van der Waals surface area contributed by atoms with Gasteiger partial charge in [0.25, 0.3) is 11.8 Å². The van der Waals surface area contributed by atoms with E-state index in [0.717, 1.165) is 19.3 Å². The molecule has 1 aliphatic heterocycles. The molecular weight excluding hydrogens is 421 g/mol. The molecule has 1 fully saturated rings. The van der Waals surface area contributed by atoms with Crippen LogP contribution in [0.25, 0.3) is 0 Å². The third-order valence-corrected chi connectivity index (χ3v) is 5.72. The molecule has 7 heteroatoms. The monoisotopic (exact) mass is 447 g/mol. The summed E-state index contributed by atoms with van der Waals surface area (Å²) in [5.74, 6) is -0.512. The van der Waals surface area contributed by atoms with Gasteiger partial charge in [0.2, 0.25) is 5.88 Å². The van der Waals surface area contributed by atoms with Gasteiger partial charge in [-0.25, -0.2) is 9.37 Å². The number of hydrogen-bond donors (Lipinski definition) is 1. The van der Waals surface area contributed by atoms with Crippen LogP contribution in [0.1, 0.15) is 46.4 Å². The predicted molar refractivity (Wildman–Crippen MR) is 123 cm³/mol. The number of carbonyl (C=O) groups excluding carboxylic acids is 2. The Balaban J connectivity index is 1.39. The third kappa shape index (κ3) is 5.74. The first kappa shape index (κ1) is 22.5. The lowest BCUT2D eigenvalue weighted by Crippen LogP contribution is -2.45. The molecule has 1 N–H and O–H groups in total. The van der Waals surface area contributed by atoms with Crippen molar-refractivity contribution in [1.82, 2.24) is 15.2 Å². The van der Waals surface area contributed by atoms with Crippen LogP contribution in [0.3, 0.4) is 0 Å². The Morgan fingerprint density at radius 2 is 1.82 bits per heavy atom. The quantitative estimate of drug-likeness (QED) is 0.563. The zero-order chi connectivity index (χ0) is 23.0. The highest BCUT2D eigenvalue weighted by molar-refractivity contribution is 5.95. The Kier molecular flexibility index (Phi) is 7.29. The molecule has 1 aliphatic rings. The number of nitrogens with one attached hydrogen (secondary N) is 1. The van der Waals surface area contributed by atoms with Crippen molar-refractivity contribution in [3.8, 4) is 11.6 Å². The summed E-state index contributed by atoms with van der Waals surface area (Å²) in [5.41, 5.74) is 1.06. The van der Waals surface area contributed by atoms with Crippen LogP contribution < -0.4 is 10.1 Å². The van der Waals surface area contributed by atoms with E-state index >= 15 is 0 Å². The molecule has 4 rings (SSSR count). The van der Waals surface area contributed by atoms with Crippen LogP contribution in [0, 0.1) is 5.82 Å². The van der Waals surface area contributed by atoms with Crippen LogP contribution in [-0.2, 0) is 0 Å². The van der Waals surface area contributed by atoms with E-state index in [2.05, 4.69) is 10.3 Å². The Bertz CT molecular complexity index is 1110. The topological polar surface area (TPSA) is 71.5 Å². The average molecular weight is 448 g/mol. The molecule has 1 saturated heterocycles. The largest absolute Gasteiger partial charge is 0.436 e. The van der Waals surface area contributed by atoms with Gasteiger partial charge in [0.05, 0.1) is 0 Å². The maximum absolute atomic E-state index is 13.9. The van der Waals surface area contributed by atoms with Gasteiger partial charge in [0.1, 0.15) is 0 Å². The summed E-state index contributed by atoms with van der Waals surface area (Å²) in [7, 11) is 0. The Labute approximate surface area is 192 Å². The summed E-state index contributed by atoms with van der Waals surface area (Å²) in [6, 6.07) is 18.3. The molecule has 1 unspecified atom stereocenters. The highest BCUT2D eigenvalue weighted by Crippen LogP contribution is 2.25. The molecule has 2 aromatic carbocycles. The van der Waals surface area contributed by atoms with E-state index < -0.39 is 5.82 Å². The van der Waals surface area contributed by atoms with E-state index in [9.17, 15) is 14.0 Å². The van der Waals surface area contributed by atoms with Crippen LogP contribution >= 0.6 is 0 Å². The van der Waals surface area contributed by atoms with Gasteiger partial charge in [-0.1, -0.05) is 30.3 Å². The fraction of sp³-hybridized carbons (Fsp3) is 0.269. The summed E-state index contributed by atoms with van der Waals surface area (Å²) >= 11 is 0. The van der Waals surface area contributed by atoms with E-state index in [4.69, 9.17) is 4.74 Å². The lowest BCUT2D eigenvalue weighted by Gasteiger charge is -2.36. The highest BCUT2D eigenvalue weighted by Gasteiger charge is 2.27. The number of para-hydroxylation sites is 1. The van der Waals surface area contributed by atoms with Gasteiger partial charge in [0, 0.05) is 42.5 Å². The van der Waals surface area contributed by atoms with Gasteiger partial charge in [-0.15, -0.1) is 0 Å². The van der Waals surface area contributed by atoms with E-state index in [1.54, 1.807) is 30.3 Å². The van der Waals surface area contributed by atoms with E-state index in [0.29, 0.717) is 30.6 Å². The molecule has 0 saturated carbocycles. The van der Waals surface area contributed by atoms with Gasteiger partial charge < -0.3 is 15.0 Å². The first-order valence-corrected chi connectivity index (χ1v) is 11.1. The fourth-order valence-corrected chi connectivity index (χ4v) is 4.02. The van der Waals surface area contributed by atoms with Crippen LogP contribution in [-0.4, -0.2) is 40.8 Å². The average Bonchev–Trinajstić information content (AvgIpc) is 2.86. The van der Waals surface area contributed by atoms with Crippen LogP contribution in [0.15, 0.2) is 72.9 Å². The molecule has 170 valence electrons. The van der Waals surface area contributed by atoms with Gasteiger partial charge >= 0.3 is 0 Å². The van der Waals surface area contributed by atoms with E-state index in [-0.39, 0.29) is 29.5 Å². The molecular formula is C26H26FN3O3. The molecule has 0 radical (unpaired) electrons. The van der Waals surface area contributed by atoms with Crippen molar-refractivity contribution in [2.75, 3.05) is 13.1 Å². The summed E-state index contributed by atoms with van der Waals surface area (Å²) in [6.07, 6.45) is 5.02. The summed E-state index contributed by atoms with van der Waals surface area (Å²) in [5, 5.41) is 2.94. The van der Waals surface area contributed by atoms with Crippen molar-refractivity contribution in [3.05, 3.63) is 89.9 Å². The van der Waals surface area contributed by atoms with Crippen LogP contribution in [0.4, 0.5) is 4.39 Å². The molecule has 1 atom stereocenters. The highest BCUT2D eigenvalue weighted by atomic mass is 19.1. The Morgan fingerprint density at radius 1 is 1.03 bits per heavy atom. The van der Waals surface area contributed by atoms with Crippen molar-refractivity contribution in [3.63, 3.8) is 0 Å². The molecule has 0 aliphatic carbocycles. The Morgan fingerprint density at radius 3 is 2.64 bits per heavy atom. The first-order valence-electron chi connectivity index (χ1n) is 11.1. The van der Waals surface area contributed by atoms with Crippen molar-refractivity contribution in [2.24, 2.45) is 0 Å². The normalized spacial score (nSPS) is 15.7. The molecule has 3 aromatic rings. The minimum absolute atomic E-state index is 0.0337. The molecule has 0 bridgehead atoms. The van der Waals surface area contributed by atoms with Crippen LogP contribution in [0.2, 0.25) is 0 Å². The summed E-state index contributed by atoms with van der Waals surface area (Å²) in [6.45, 7) is 1.14. The number of nitrogens with zero attached hydrogens (tertiary/aromatic N) is 2. The van der Waals surface area contributed by atoms with Crippen molar-refractivity contribution < 1.29 is 18.7 Å². The van der Waals surface area contributed by atoms with Gasteiger partial charge in [0.15, 0.2) is 11.6 Å². The number of rotatable bonds is 7. The second-order valence-electron chi connectivity index (χ2n) is 7.97.